The fourth-order valence-electron chi connectivity index (χ4n) is 10.5. The second-order valence-corrected chi connectivity index (χ2v) is 16.8. The fourth-order valence-corrected chi connectivity index (χ4v) is 10.5. The third-order valence-electron chi connectivity index (χ3n) is 12.9. The van der Waals surface area contributed by atoms with Gasteiger partial charge in [-0.1, -0.05) is 33.1 Å². The average Bonchev–Trinajstić information content (AvgIpc) is 3.41. The number of carboxylic acids is 1. The molecule has 1 aromatic heterocycles. The molecule has 3 saturated carbocycles. The molecule has 5 atom stereocenters. The molecule has 1 spiro atoms. The number of piperazine rings is 1. The number of carbonyl (C=O) groups is 3. The Labute approximate surface area is 311 Å². The van der Waals surface area contributed by atoms with Crippen LogP contribution >= 0.6 is 0 Å². The first-order valence-corrected chi connectivity index (χ1v) is 19.2. The topological polar surface area (TPSA) is 119 Å². The Kier molecular flexibility index (Phi) is 9.96. The zero-order valence-corrected chi connectivity index (χ0v) is 31.0. The molecular weight excluding hydrogens is 711 g/mol. The maximum absolute atomic E-state index is 15.5. The van der Waals surface area contributed by atoms with Gasteiger partial charge in [-0.05, 0) is 86.0 Å². The number of alkyl halides is 5. The van der Waals surface area contributed by atoms with E-state index in [-0.39, 0.29) is 49.9 Å². The molecule has 54 heavy (non-hydrogen) atoms. The summed E-state index contributed by atoms with van der Waals surface area (Å²) in [7, 11) is 0. The number of rotatable bonds is 7. The summed E-state index contributed by atoms with van der Waals surface area (Å²) < 4.78 is 69.7. The predicted octanol–water partition coefficient (Wildman–Crippen LogP) is 6.91. The van der Waals surface area contributed by atoms with Crippen LogP contribution in [0.15, 0.2) is 24.4 Å². The number of nitrogens with zero attached hydrogens (tertiary/aromatic N) is 5. The van der Waals surface area contributed by atoms with Crippen molar-refractivity contribution in [1.29, 1.82) is 0 Å². The van der Waals surface area contributed by atoms with E-state index in [4.69, 9.17) is 0 Å². The summed E-state index contributed by atoms with van der Waals surface area (Å²) in [6, 6.07) is 5.22. The maximum Gasteiger partial charge on any atom is 0.401 e. The highest BCUT2D eigenvalue weighted by molar-refractivity contribution is 5.99. The number of nitrogens with one attached hydrogen (secondary N) is 1. The number of aliphatic carboxylic acids is 1. The van der Waals surface area contributed by atoms with Crippen LogP contribution < -0.4 is 10.2 Å². The van der Waals surface area contributed by atoms with Gasteiger partial charge in [0.05, 0.1) is 12.1 Å². The smallest absolute Gasteiger partial charge is 0.401 e. The summed E-state index contributed by atoms with van der Waals surface area (Å²) in [5, 5.41) is 13.3. The molecular formula is C39H49F5N6O4. The molecule has 3 heterocycles. The molecule has 15 heteroatoms. The van der Waals surface area contributed by atoms with Gasteiger partial charge in [0, 0.05) is 62.5 Å². The SMILES string of the molecule is CC1CC2CC(C)C(NC(=O)c3cnc(N4CC5(CCCCC5)c5cc(C(=O)N6CCN(CC(F)(F)F)CC6)ccc54)nc3C(C)(F)F)(C(=O)O)C(C1)C2. The number of aromatic nitrogens is 2. The second-order valence-electron chi connectivity index (χ2n) is 16.8. The molecule has 2 N–H and O–H groups in total. The highest BCUT2D eigenvalue weighted by Gasteiger charge is 2.57. The summed E-state index contributed by atoms with van der Waals surface area (Å²) in [5.41, 5.74) is -1.37. The average molecular weight is 761 g/mol. The van der Waals surface area contributed by atoms with Gasteiger partial charge in [-0.2, -0.15) is 22.0 Å². The van der Waals surface area contributed by atoms with Gasteiger partial charge in [0.25, 0.3) is 17.7 Å². The Morgan fingerprint density at radius 1 is 0.963 bits per heavy atom. The number of anilines is 2. The summed E-state index contributed by atoms with van der Waals surface area (Å²) in [6.07, 6.45) is 4.09. The van der Waals surface area contributed by atoms with E-state index in [2.05, 4.69) is 22.2 Å². The minimum atomic E-state index is -4.31. The second kappa shape index (κ2) is 14.0. The van der Waals surface area contributed by atoms with Crippen LogP contribution in [-0.2, 0) is 16.1 Å². The fraction of sp³-hybridized carbons (Fsp3) is 0.667. The quantitative estimate of drug-likeness (QED) is 0.293. The summed E-state index contributed by atoms with van der Waals surface area (Å²) in [4.78, 5) is 54.0. The van der Waals surface area contributed by atoms with Crippen molar-refractivity contribution in [2.24, 2.45) is 23.7 Å². The largest absolute Gasteiger partial charge is 0.479 e. The van der Waals surface area contributed by atoms with Crippen molar-refractivity contribution < 1.29 is 41.4 Å². The molecule has 3 aliphatic carbocycles. The van der Waals surface area contributed by atoms with Crippen LogP contribution in [0.3, 0.4) is 0 Å². The van der Waals surface area contributed by atoms with Gasteiger partial charge >= 0.3 is 12.1 Å². The van der Waals surface area contributed by atoms with Crippen molar-refractivity contribution in [3.63, 3.8) is 0 Å². The van der Waals surface area contributed by atoms with Crippen LogP contribution in [0.5, 0.6) is 0 Å². The van der Waals surface area contributed by atoms with E-state index < -0.39 is 58.6 Å². The van der Waals surface area contributed by atoms with Crippen molar-refractivity contribution in [2.75, 3.05) is 44.2 Å². The molecule has 2 amide bonds. The van der Waals surface area contributed by atoms with E-state index in [1.807, 2.05) is 13.0 Å². The standard InChI is InChI=1S/C39H49F5N6O4/c1-23-15-25-17-24(2)39(34(53)54,27(16-23)18-25)47-32(51)28-20-45-35(46-31(28)36(3,40)41)50-21-37(9-5-4-6-10-37)29-19-26(7-8-30(29)50)33(52)49-13-11-48(12-14-49)22-38(42,43)44/h7-8,19-20,23-25,27H,4-6,9-18,21-22H2,1-3H3,(H,47,51)(H,53,54). The minimum Gasteiger partial charge on any atom is -0.479 e. The number of carboxylic acid groups (broad SMARTS) is 1. The van der Waals surface area contributed by atoms with Gasteiger partial charge in [0.1, 0.15) is 11.2 Å². The van der Waals surface area contributed by atoms with Gasteiger partial charge in [-0.3, -0.25) is 14.5 Å². The van der Waals surface area contributed by atoms with Crippen molar-refractivity contribution in [2.45, 2.75) is 102 Å². The van der Waals surface area contributed by atoms with Crippen molar-refractivity contribution in [3.8, 4) is 0 Å². The molecule has 294 valence electrons. The Hall–Kier alpha value is -3.88. The lowest BCUT2D eigenvalue weighted by atomic mass is 9.56. The zero-order valence-electron chi connectivity index (χ0n) is 31.0. The molecule has 4 fully saturated rings. The third kappa shape index (κ3) is 7.05. The Balaban J connectivity index is 1.18. The molecule has 2 bridgehead atoms. The lowest BCUT2D eigenvalue weighted by Gasteiger charge is -2.52. The Morgan fingerprint density at radius 3 is 2.31 bits per heavy atom. The molecule has 2 aromatic rings. The van der Waals surface area contributed by atoms with Gasteiger partial charge < -0.3 is 20.2 Å². The van der Waals surface area contributed by atoms with Gasteiger partial charge in [-0.25, -0.2) is 14.8 Å². The molecule has 7 rings (SSSR count). The maximum atomic E-state index is 15.5. The summed E-state index contributed by atoms with van der Waals surface area (Å²) in [5.74, 6) is -6.13. The monoisotopic (exact) mass is 760 g/mol. The summed E-state index contributed by atoms with van der Waals surface area (Å²) >= 11 is 0. The molecule has 1 aromatic carbocycles. The first-order valence-electron chi connectivity index (χ1n) is 19.2. The predicted molar refractivity (Wildman–Crippen MR) is 190 cm³/mol. The number of fused-ring (bicyclic) bond motifs is 4. The Morgan fingerprint density at radius 2 is 1.67 bits per heavy atom. The first-order chi connectivity index (χ1) is 25.4. The van der Waals surface area contributed by atoms with E-state index in [0.29, 0.717) is 49.9 Å². The Bertz CT molecular complexity index is 1780. The van der Waals surface area contributed by atoms with E-state index >= 15 is 8.78 Å². The molecule has 0 radical (unpaired) electrons. The van der Waals surface area contributed by atoms with Gasteiger partial charge in [0.2, 0.25) is 5.95 Å². The molecule has 5 aliphatic rings. The van der Waals surface area contributed by atoms with E-state index in [0.717, 1.165) is 50.3 Å². The van der Waals surface area contributed by atoms with Crippen LogP contribution in [-0.4, -0.2) is 93.6 Å². The number of hydrogen-bond donors (Lipinski definition) is 2. The molecule has 5 unspecified atom stereocenters. The van der Waals surface area contributed by atoms with Crippen LogP contribution in [0.2, 0.25) is 0 Å². The highest BCUT2D eigenvalue weighted by atomic mass is 19.4. The van der Waals surface area contributed by atoms with Crippen LogP contribution in [0.25, 0.3) is 0 Å². The van der Waals surface area contributed by atoms with Crippen molar-refractivity contribution >= 4 is 29.4 Å². The number of benzene rings is 1. The minimum absolute atomic E-state index is 0.0328. The van der Waals surface area contributed by atoms with Crippen molar-refractivity contribution in [1.82, 2.24) is 25.1 Å². The highest BCUT2D eigenvalue weighted by Crippen LogP contribution is 2.52. The molecule has 1 saturated heterocycles. The molecule has 2 aliphatic heterocycles. The van der Waals surface area contributed by atoms with E-state index in [9.17, 15) is 32.7 Å². The lowest BCUT2D eigenvalue weighted by Crippen LogP contribution is -2.66. The van der Waals surface area contributed by atoms with Crippen LogP contribution in [0, 0.1) is 23.7 Å². The van der Waals surface area contributed by atoms with Gasteiger partial charge in [0.15, 0.2) is 0 Å². The number of carbonyl (C=O) groups excluding carboxylic acids is 2. The number of hydrogen-bond acceptors (Lipinski definition) is 7. The lowest BCUT2D eigenvalue weighted by molar-refractivity contribution is -0.155. The van der Waals surface area contributed by atoms with E-state index in [1.54, 1.807) is 21.9 Å². The van der Waals surface area contributed by atoms with Crippen LogP contribution in [0.4, 0.5) is 33.6 Å². The zero-order chi connectivity index (χ0) is 38.8. The number of halogens is 5. The van der Waals surface area contributed by atoms with E-state index in [1.165, 1.54) is 4.90 Å². The normalized spacial score (nSPS) is 28.5. The van der Waals surface area contributed by atoms with Gasteiger partial charge in [-0.15, -0.1) is 0 Å². The summed E-state index contributed by atoms with van der Waals surface area (Å²) in [6.45, 7) is 4.44. The number of amides is 2. The molecule has 10 nitrogen and oxygen atoms in total. The third-order valence-corrected chi connectivity index (χ3v) is 12.9. The van der Waals surface area contributed by atoms with Crippen molar-refractivity contribution in [3.05, 3.63) is 46.8 Å². The first kappa shape index (κ1) is 38.4. The van der Waals surface area contributed by atoms with Crippen LogP contribution in [0.1, 0.15) is 111 Å².